The molecule has 2 atom stereocenters. The molecule has 0 aliphatic rings. The van der Waals surface area contributed by atoms with Crippen LogP contribution in [0.1, 0.15) is 30.1 Å². The summed E-state index contributed by atoms with van der Waals surface area (Å²) in [7, 11) is 0. The highest BCUT2D eigenvalue weighted by molar-refractivity contribution is 9.10. The molecule has 0 fully saturated rings. The lowest BCUT2D eigenvalue weighted by Crippen LogP contribution is -2.27. The van der Waals surface area contributed by atoms with Crippen molar-refractivity contribution in [1.82, 2.24) is 5.32 Å². The molecule has 0 saturated heterocycles. The van der Waals surface area contributed by atoms with Gasteiger partial charge in [-0.1, -0.05) is 58.4 Å². The lowest BCUT2D eigenvalue weighted by atomic mass is 10.0. The molecule has 100 valence electrons. The quantitative estimate of drug-likeness (QED) is 0.877. The molecule has 0 spiro atoms. The van der Waals surface area contributed by atoms with Crippen LogP contribution >= 0.6 is 15.9 Å². The van der Waals surface area contributed by atoms with Crippen LogP contribution in [0.5, 0.6) is 0 Å². The third-order valence-corrected chi connectivity index (χ3v) is 3.73. The number of benzene rings is 2. The van der Waals surface area contributed by atoms with E-state index in [1.165, 1.54) is 5.56 Å². The second-order valence-corrected chi connectivity index (χ2v) is 5.50. The Morgan fingerprint density at radius 2 is 1.63 bits per heavy atom. The van der Waals surface area contributed by atoms with E-state index in [0.717, 1.165) is 10.0 Å². The number of rotatable bonds is 5. The molecule has 3 heteroatoms. The number of hydrogen-bond acceptors (Lipinski definition) is 2. The number of aliphatic hydroxyl groups is 1. The monoisotopic (exact) mass is 319 g/mol. The van der Waals surface area contributed by atoms with Gasteiger partial charge in [-0.2, -0.15) is 0 Å². The molecule has 0 amide bonds. The molecule has 19 heavy (non-hydrogen) atoms. The third kappa shape index (κ3) is 3.90. The van der Waals surface area contributed by atoms with Crippen molar-refractivity contribution in [3.05, 3.63) is 70.2 Å². The van der Waals surface area contributed by atoms with Crippen molar-refractivity contribution in [3.8, 4) is 0 Å². The van der Waals surface area contributed by atoms with Crippen LogP contribution in [0, 0.1) is 0 Å². The van der Waals surface area contributed by atoms with E-state index in [-0.39, 0.29) is 18.7 Å². The van der Waals surface area contributed by atoms with E-state index in [1.54, 1.807) is 0 Å². The fourth-order valence-corrected chi connectivity index (χ4v) is 2.35. The molecule has 0 aliphatic heterocycles. The highest BCUT2D eigenvalue weighted by Crippen LogP contribution is 2.21. The van der Waals surface area contributed by atoms with Gasteiger partial charge in [-0.05, 0) is 30.2 Å². The fraction of sp³-hybridized carbons (Fsp3) is 0.250. The van der Waals surface area contributed by atoms with Gasteiger partial charge in [0.25, 0.3) is 0 Å². The van der Waals surface area contributed by atoms with Gasteiger partial charge in [-0.25, -0.2) is 0 Å². The highest BCUT2D eigenvalue weighted by Gasteiger charge is 2.14. The lowest BCUT2D eigenvalue weighted by Gasteiger charge is -2.22. The van der Waals surface area contributed by atoms with Crippen molar-refractivity contribution in [2.75, 3.05) is 6.61 Å². The second-order valence-electron chi connectivity index (χ2n) is 4.59. The van der Waals surface area contributed by atoms with E-state index in [1.807, 2.05) is 42.5 Å². The molecule has 2 N–H and O–H groups in total. The van der Waals surface area contributed by atoms with Crippen molar-refractivity contribution in [2.45, 2.75) is 19.0 Å². The first-order valence-electron chi connectivity index (χ1n) is 6.38. The Morgan fingerprint density at radius 3 is 2.21 bits per heavy atom. The number of aliphatic hydroxyl groups excluding tert-OH is 1. The van der Waals surface area contributed by atoms with Gasteiger partial charge in [0.1, 0.15) is 0 Å². The maximum Gasteiger partial charge on any atom is 0.0626 e. The van der Waals surface area contributed by atoms with Crippen molar-refractivity contribution in [1.29, 1.82) is 0 Å². The Hall–Kier alpha value is -1.16. The summed E-state index contributed by atoms with van der Waals surface area (Å²) < 4.78 is 1.07. The smallest absolute Gasteiger partial charge is 0.0626 e. The lowest BCUT2D eigenvalue weighted by molar-refractivity contribution is 0.235. The first kappa shape index (κ1) is 14.3. The Labute approximate surface area is 122 Å². The van der Waals surface area contributed by atoms with Gasteiger partial charge < -0.3 is 10.4 Å². The first-order chi connectivity index (χ1) is 9.20. The summed E-state index contributed by atoms with van der Waals surface area (Å²) >= 11 is 3.44. The van der Waals surface area contributed by atoms with E-state index < -0.39 is 0 Å². The number of hydrogen-bond donors (Lipinski definition) is 2. The van der Waals surface area contributed by atoms with Crippen LogP contribution in [0.25, 0.3) is 0 Å². The molecule has 2 aromatic rings. The van der Waals surface area contributed by atoms with Crippen LogP contribution in [-0.4, -0.2) is 11.7 Å². The van der Waals surface area contributed by atoms with Crippen LogP contribution < -0.4 is 5.32 Å². The molecular formula is C16H18BrNO. The van der Waals surface area contributed by atoms with Crippen molar-refractivity contribution >= 4 is 15.9 Å². The summed E-state index contributed by atoms with van der Waals surface area (Å²) in [5.41, 5.74) is 2.31. The summed E-state index contributed by atoms with van der Waals surface area (Å²) in [5.74, 6) is 0. The van der Waals surface area contributed by atoms with Crippen LogP contribution in [-0.2, 0) is 0 Å². The van der Waals surface area contributed by atoms with Crippen molar-refractivity contribution in [2.24, 2.45) is 0 Å². The minimum absolute atomic E-state index is 0.0418. The average molecular weight is 320 g/mol. The van der Waals surface area contributed by atoms with Crippen LogP contribution in [0.4, 0.5) is 0 Å². The Morgan fingerprint density at radius 1 is 1.00 bits per heavy atom. The second kappa shape index (κ2) is 6.85. The summed E-state index contributed by atoms with van der Waals surface area (Å²) in [6.45, 7) is 2.19. The first-order valence-corrected chi connectivity index (χ1v) is 7.17. The molecule has 2 nitrogen and oxygen atoms in total. The zero-order chi connectivity index (χ0) is 13.7. The Balaban J connectivity index is 2.08. The summed E-state index contributed by atoms with van der Waals surface area (Å²) in [6.07, 6.45) is 0. The molecular weight excluding hydrogens is 302 g/mol. The molecule has 2 aromatic carbocycles. The maximum absolute atomic E-state index is 9.55. The van der Waals surface area contributed by atoms with Gasteiger partial charge in [-0.15, -0.1) is 0 Å². The zero-order valence-corrected chi connectivity index (χ0v) is 12.5. The SMILES string of the molecule is C[C@@H](N[C@@H](CO)c1ccccc1)c1ccc(Br)cc1. The normalized spacial score (nSPS) is 14.1. The summed E-state index contributed by atoms with van der Waals surface area (Å²) in [4.78, 5) is 0. The topological polar surface area (TPSA) is 32.3 Å². The fourth-order valence-electron chi connectivity index (χ4n) is 2.09. The van der Waals surface area contributed by atoms with Gasteiger partial charge >= 0.3 is 0 Å². The van der Waals surface area contributed by atoms with Gasteiger partial charge in [0.2, 0.25) is 0 Å². The van der Waals surface area contributed by atoms with Gasteiger partial charge in [0.15, 0.2) is 0 Å². The summed E-state index contributed by atoms with van der Waals surface area (Å²) in [5, 5.41) is 13.0. The number of nitrogens with one attached hydrogen (secondary N) is 1. The maximum atomic E-state index is 9.55. The van der Waals surface area contributed by atoms with Gasteiger partial charge in [0, 0.05) is 10.5 Å². The van der Waals surface area contributed by atoms with E-state index >= 15 is 0 Å². The van der Waals surface area contributed by atoms with E-state index in [9.17, 15) is 5.11 Å². The predicted molar refractivity (Wildman–Crippen MR) is 82.0 cm³/mol. The van der Waals surface area contributed by atoms with Crippen LogP contribution in [0.3, 0.4) is 0 Å². The molecule has 2 rings (SSSR count). The van der Waals surface area contributed by atoms with E-state index in [2.05, 4.69) is 40.3 Å². The standard InChI is InChI=1S/C16H18BrNO/c1-12(13-7-9-15(17)10-8-13)18-16(11-19)14-5-3-2-4-6-14/h2-10,12,16,18-19H,11H2,1H3/t12-,16+/m1/s1. The molecule has 0 radical (unpaired) electrons. The van der Waals surface area contributed by atoms with Crippen molar-refractivity contribution < 1.29 is 5.11 Å². The van der Waals surface area contributed by atoms with Crippen LogP contribution in [0.2, 0.25) is 0 Å². The van der Waals surface area contributed by atoms with Gasteiger partial charge in [0.05, 0.1) is 12.6 Å². The minimum Gasteiger partial charge on any atom is -0.394 e. The predicted octanol–water partition coefficient (Wildman–Crippen LogP) is 3.83. The summed E-state index contributed by atoms with van der Waals surface area (Å²) in [6, 6.07) is 18.4. The van der Waals surface area contributed by atoms with Gasteiger partial charge in [-0.3, -0.25) is 0 Å². The molecule has 0 heterocycles. The average Bonchev–Trinajstić information content (AvgIpc) is 2.46. The Bertz CT molecular complexity index is 498. The minimum atomic E-state index is -0.0418. The van der Waals surface area contributed by atoms with Crippen LogP contribution in [0.15, 0.2) is 59.1 Å². The highest BCUT2D eigenvalue weighted by atomic mass is 79.9. The van der Waals surface area contributed by atoms with E-state index in [4.69, 9.17) is 0 Å². The molecule has 0 aromatic heterocycles. The largest absolute Gasteiger partial charge is 0.394 e. The third-order valence-electron chi connectivity index (χ3n) is 3.21. The number of halogens is 1. The molecule has 0 aliphatic carbocycles. The zero-order valence-electron chi connectivity index (χ0n) is 10.9. The van der Waals surface area contributed by atoms with Crippen molar-refractivity contribution in [3.63, 3.8) is 0 Å². The van der Waals surface area contributed by atoms with E-state index in [0.29, 0.717) is 0 Å². The molecule has 0 saturated carbocycles. The Kier molecular flexibility index (Phi) is 5.14. The molecule has 0 bridgehead atoms. The molecule has 0 unspecified atom stereocenters.